The number of nitrogens with zero attached hydrogens (tertiary/aromatic N) is 1. The van der Waals surface area contributed by atoms with Crippen LogP contribution in [-0.4, -0.2) is 25.8 Å². The number of ether oxygens (including phenoxy) is 1. The SMILES string of the molecule is CN(C)c1cccc(OCC(O)c2cccc(Br)c2)c1. The van der Waals surface area contributed by atoms with Crippen LogP contribution in [0.1, 0.15) is 11.7 Å². The number of rotatable bonds is 5. The van der Waals surface area contributed by atoms with Crippen molar-refractivity contribution < 1.29 is 9.84 Å². The summed E-state index contributed by atoms with van der Waals surface area (Å²) in [7, 11) is 3.96. The van der Waals surface area contributed by atoms with E-state index in [2.05, 4.69) is 15.9 Å². The molecule has 0 saturated heterocycles. The van der Waals surface area contributed by atoms with Crippen LogP contribution in [0.4, 0.5) is 5.69 Å². The van der Waals surface area contributed by atoms with E-state index >= 15 is 0 Å². The molecule has 3 nitrogen and oxygen atoms in total. The average Bonchev–Trinajstić information content (AvgIpc) is 2.45. The predicted octanol–water partition coefficient (Wildman–Crippen LogP) is 3.63. The maximum Gasteiger partial charge on any atom is 0.121 e. The summed E-state index contributed by atoms with van der Waals surface area (Å²) in [6, 6.07) is 15.4. The zero-order chi connectivity index (χ0) is 14.5. The molecule has 1 N–H and O–H groups in total. The van der Waals surface area contributed by atoms with Crippen LogP contribution in [-0.2, 0) is 0 Å². The third-order valence-electron chi connectivity index (χ3n) is 2.98. The van der Waals surface area contributed by atoms with Gasteiger partial charge in [-0.25, -0.2) is 0 Å². The third kappa shape index (κ3) is 3.99. The molecular formula is C16H18BrNO2. The highest BCUT2D eigenvalue weighted by atomic mass is 79.9. The van der Waals surface area contributed by atoms with Gasteiger partial charge in [-0.3, -0.25) is 0 Å². The van der Waals surface area contributed by atoms with E-state index in [4.69, 9.17) is 4.74 Å². The van der Waals surface area contributed by atoms with Gasteiger partial charge in [0.05, 0.1) is 0 Å². The zero-order valence-electron chi connectivity index (χ0n) is 11.6. The molecule has 2 aromatic carbocycles. The molecule has 0 radical (unpaired) electrons. The minimum Gasteiger partial charge on any atom is -0.490 e. The number of aliphatic hydroxyl groups excluding tert-OH is 1. The number of hydrogen-bond donors (Lipinski definition) is 1. The van der Waals surface area contributed by atoms with Gasteiger partial charge in [-0.2, -0.15) is 0 Å². The van der Waals surface area contributed by atoms with Crippen LogP contribution < -0.4 is 9.64 Å². The van der Waals surface area contributed by atoms with Crippen LogP contribution in [0, 0.1) is 0 Å². The lowest BCUT2D eigenvalue weighted by atomic mass is 10.1. The molecule has 0 fully saturated rings. The summed E-state index contributed by atoms with van der Waals surface area (Å²) < 4.78 is 6.61. The quantitative estimate of drug-likeness (QED) is 0.905. The number of anilines is 1. The number of hydrogen-bond acceptors (Lipinski definition) is 3. The molecule has 0 bridgehead atoms. The van der Waals surface area contributed by atoms with Crippen LogP contribution >= 0.6 is 15.9 Å². The molecule has 0 spiro atoms. The first-order valence-electron chi connectivity index (χ1n) is 6.40. The number of aliphatic hydroxyl groups is 1. The molecule has 0 aliphatic carbocycles. The summed E-state index contributed by atoms with van der Waals surface area (Å²) in [5.41, 5.74) is 1.91. The van der Waals surface area contributed by atoms with Crippen LogP contribution in [0.15, 0.2) is 53.0 Å². The Morgan fingerprint density at radius 1 is 1.15 bits per heavy atom. The first-order valence-corrected chi connectivity index (χ1v) is 7.19. The van der Waals surface area contributed by atoms with Crippen molar-refractivity contribution in [3.63, 3.8) is 0 Å². The van der Waals surface area contributed by atoms with Gasteiger partial charge in [-0.05, 0) is 29.8 Å². The maximum atomic E-state index is 10.1. The Kier molecular flexibility index (Phi) is 5.04. The standard InChI is InChI=1S/C16H18BrNO2/c1-18(2)14-7-4-8-15(10-14)20-11-16(19)12-5-3-6-13(17)9-12/h3-10,16,19H,11H2,1-2H3. The van der Waals surface area contributed by atoms with Crippen molar-refractivity contribution in [2.24, 2.45) is 0 Å². The molecule has 2 aromatic rings. The van der Waals surface area contributed by atoms with Crippen molar-refractivity contribution in [2.45, 2.75) is 6.10 Å². The van der Waals surface area contributed by atoms with Gasteiger partial charge in [-0.1, -0.05) is 34.1 Å². The van der Waals surface area contributed by atoms with Crippen LogP contribution in [0.5, 0.6) is 5.75 Å². The minimum absolute atomic E-state index is 0.229. The summed E-state index contributed by atoms with van der Waals surface area (Å²) in [4.78, 5) is 2.01. The molecule has 106 valence electrons. The van der Waals surface area contributed by atoms with Crippen molar-refractivity contribution in [2.75, 3.05) is 25.6 Å². The molecule has 0 aliphatic rings. The lowest BCUT2D eigenvalue weighted by molar-refractivity contribution is 0.108. The van der Waals surface area contributed by atoms with Crippen molar-refractivity contribution in [3.8, 4) is 5.75 Å². The van der Waals surface area contributed by atoms with E-state index in [-0.39, 0.29) is 6.61 Å². The average molecular weight is 336 g/mol. The van der Waals surface area contributed by atoms with E-state index in [0.717, 1.165) is 21.5 Å². The van der Waals surface area contributed by atoms with Gasteiger partial charge in [0.1, 0.15) is 18.5 Å². The fourth-order valence-electron chi connectivity index (χ4n) is 1.84. The van der Waals surface area contributed by atoms with Crippen molar-refractivity contribution in [1.29, 1.82) is 0 Å². The Bertz CT molecular complexity index is 572. The van der Waals surface area contributed by atoms with Crippen molar-refractivity contribution in [3.05, 3.63) is 58.6 Å². The van der Waals surface area contributed by atoms with Crippen LogP contribution in [0.25, 0.3) is 0 Å². The molecule has 1 atom stereocenters. The van der Waals surface area contributed by atoms with E-state index in [1.54, 1.807) is 0 Å². The molecule has 0 aromatic heterocycles. The molecule has 4 heteroatoms. The van der Waals surface area contributed by atoms with E-state index in [9.17, 15) is 5.11 Å². The zero-order valence-corrected chi connectivity index (χ0v) is 13.2. The summed E-state index contributed by atoms with van der Waals surface area (Å²) in [5, 5.41) is 10.1. The van der Waals surface area contributed by atoms with Crippen LogP contribution in [0.2, 0.25) is 0 Å². The van der Waals surface area contributed by atoms with Gasteiger partial charge in [-0.15, -0.1) is 0 Å². The highest BCUT2D eigenvalue weighted by Gasteiger charge is 2.09. The maximum absolute atomic E-state index is 10.1. The summed E-state index contributed by atoms with van der Waals surface area (Å²) >= 11 is 3.39. The Hall–Kier alpha value is -1.52. The lowest BCUT2D eigenvalue weighted by Gasteiger charge is -2.16. The molecule has 0 aliphatic heterocycles. The van der Waals surface area contributed by atoms with Crippen LogP contribution in [0.3, 0.4) is 0 Å². The monoisotopic (exact) mass is 335 g/mol. The highest BCUT2D eigenvalue weighted by Crippen LogP contribution is 2.22. The summed E-state index contributed by atoms with van der Waals surface area (Å²) in [6.45, 7) is 0.229. The normalized spacial score (nSPS) is 12.0. The highest BCUT2D eigenvalue weighted by molar-refractivity contribution is 9.10. The second-order valence-electron chi connectivity index (χ2n) is 4.77. The Labute approximate surface area is 127 Å². The molecule has 2 rings (SSSR count). The van der Waals surface area contributed by atoms with E-state index in [1.807, 2.05) is 67.5 Å². The lowest BCUT2D eigenvalue weighted by Crippen LogP contribution is -2.11. The molecule has 0 amide bonds. The second kappa shape index (κ2) is 6.77. The minimum atomic E-state index is -0.643. The molecular weight excluding hydrogens is 318 g/mol. The summed E-state index contributed by atoms with van der Waals surface area (Å²) in [6.07, 6.45) is -0.643. The Morgan fingerprint density at radius 2 is 1.90 bits per heavy atom. The third-order valence-corrected chi connectivity index (χ3v) is 3.47. The number of halogens is 1. The van der Waals surface area contributed by atoms with Gasteiger partial charge in [0, 0.05) is 30.3 Å². The predicted molar refractivity (Wildman–Crippen MR) is 85.4 cm³/mol. The molecule has 20 heavy (non-hydrogen) atoms. The number of benzene rings is 2. The van der Waals surface area contributed by atoms with E-state index < -0.39 is 6.10 Å². The Balaban J connectivity index is 1.99. The molecule has 0 heterocycles. The van der Waals surface area contributed by atoms with Gasteiger partial charge in [0.2, 0.25) is 0 Å². The topological polar surface area (TPSA) is 32.7 Å². The van der Waals surface area contributed by atoms with E-state index in [1.165, 1.54) is 0 Å². The fraction of sp³-hybridized carbons (Fsp3) is 0.250. The van der Waals surface area contributed by atoms with Gasteiger partial charge < -0.3 is 14.7 Å². The van der Waals surface area contributed by atoms with Gasteiger partial charge >= 0.3 is 0 Å². The molecule has 1 unspecified atom stereocenters. The smallest absolute Gasteiger partial charge is 0.121 e. The van der Waals surface area contributed by atoms with Gasteiger partial charge in [0.15, 0.2) is 0 Å². The van der Waals surface area contributed by atoms with Crippen molar-refractivity contribution >= 4 is 21.6 Å². The first kappa shape index (κ1) is 14.9. The molecule has 0 saturated carbocycles. The van der Waals surface area contributed by atoms with Crippen molar-refractivity contribution in [1.82, 2.24) is 0 Å². The Morgan fingerprint density at radius 3 is 2.60 bits per heavy atom. The van der Waals surface area contributed by atoms with E-state index in [0.29, 0.717) is 0 Å². The first-order chi connectivity index (χ1) is 9.56. The van der Waals surface area contributed by atoms with Gasteiger partial charge in [0.25, 0.3) is 0 Å². The fourth-order valence-corrected chi connectivity index (χ4v) is 2.25. The second-order valence-corrected chi connectivity index (χ2v) is 5.69. The largest absolute Gasteiger partial charge is 0.490 e. The summed E-state index contributed by atoms with van der Waals surface area (Å²) in [5.74, 6) is 0.755.